The van der Waals surface area contributed by atoms with Crippen molar-refractivity contribution in [1.82, 2.24) is 4.90 Å². The molecule has 0 unspecified atom stereocenters. The number of rotatable bonds is 5. The summed E-state index contributed by atoms with van der Waals surface area (Å²) in [4.78, 5) is 15.5. The van der Waals surface area contributed by atoms with Crippen molar-refractivity contribution in [2.24, 2.45) is 0 Å². The van der Waals surface area contributed by atoms with Gasteiger partial charge in [0.15, 0.2) is 0 Å². The molecule has 10 heteroatoms. The maximum Gasteiger partial charge on any atom is 0.261 e. The Morgan fingerprint density at radius 2 is 1.66 bits per heavy atom. The number of piperidine rings is 1. The van der Waals surface area contributed by atoms with E-state index in [0.29, 0.717) is 18.7 Å². The van der Waals surface area contributed by atoms with Gasteiger partial charge in [-0.1, -0.05) is 34.8 Å². The molecule has 1 N–H and O–H groups in total. The van der Waals surface area contributed by atoms with E-state index in [9.17, 15) is 13.2 Å². The van der Waals surface area contributed by atoms with Crippen molar-refractivity contribution in [1.29, 1.82) is 0 Å². The molecule has 0 bridgehead atoms. The quantitative estimate of drug-likeness (QED) is 0.422. The molecule has 0 aliphatic carbocycles. The number of nitrogens with one attached hydrogen (secondary N) is 1. The molecule has 1 fully saturated rings. The summed E-state index contributed by atoms with van der Waals surface area (Å²) in [7, 11) is -3.99. The van der Waals surface area contributed by atoms with Crippen LogP contribution in [0.2, 0.25) is 15.1 Å². The van der Waals surface area contributed by atoms with Crippen LogP contribution < -0.4 is 4.72 Å². The number of sulfonamides is 1. The van der Waals surface area contributed by atoms with Crippen LogP contribution in [0.15, 0.2) is 40.1 Å². The highest BCUT2D eigenvalue weighted by Crippen LogP contribution is 2.34. The van der Waals surface area contributed by atoms with Gasteiger partial charge >= 0.3 is 0 Å². The van der Waals surface area contributed by atoms with Crippen LogP contribution in [0, 0.1) is 0 Å². The molecule has 0 atom stereocenters. The molecule has 1 saturated heterocycles. The first-order chi connectivity index (χ1) is 13.7. The molecule has 3 rings (SSSR count). The minimum absolute atomic E-state index is 0.0298. The molecule has 0 aromatic heterocycles. The predicted molar refractivity (Wildman–Crippen MR) is 120 cm³/mol. The van der Waals surface area contributed by atoms with Crippen molar-refractivity contribution in [3.63, 3.8) is 0 Å². The average molecular weight is 494 g/mol. The minimum atomic E-state index is -3.99. The van der Waals surface area contributed by atoms with E-state index in [-0.39, 0.29) is 31.6 Å². The van der Waals surface area contributed by atoms with Crippen molar-refractivity contribution in [3.05, 3.63) is 51.0 Å². The van der Waals surface area contributed by atoms with E-state index >= 15 is 0 Å². The van der Waals surface area contributed by atoms with Crippen molar-refractivity contribution in [3.8, 4) is 0 Å². The van der Waals surface area contributed by atoms with Crippen molar-refractivity contribution < 1.29 is 13.2 Å². The van der Waals surface area contributed by atoms with E-state index in [1.807, 2.05) is 6.26 Å². The number of amides is 1. The molecule has 1 aliphatic rings. The summed E-state index contributed by atoms with van der Waals surface area (Å²) in [6.07, 6.45) is 4.86. The van der Waals surface area contributed by atoms with Gasteiger partial charge in [-0.3, -0.25) is 9.52 Å². The molecule has 0 saturated carbocycles. The monoisotopic (exact) mass is 492 g/mol. The summed E-state index contributed by atoms with van der Waals surface area (Å²) in [5.74, 6) is -0.154. The maximum atomic E-state index is 13.0. The van der Waals surface area contributed by atoms with E-state index in [1.54, 1.807) is 11.0 Å². The number of thioether (sulfide) groups is 1. The zero-order valence-corrected chi connectivity index (χ0v) is 19.4. The highest BCUT2D eigenvalue weighted by atomic mass is 35.5. The molecule has 29 heavy (non-hydrogen) atoms. The zero-order chi connectivity index (χ0) is 21.2. The van der Waals surface area contributed by atoms with E-state index in [0.717, 1.165) is 24.2 Å². The standard InChI is InChI=1S/C19H19Cl3N2O3S2/c1-28-18-6-5-12(9-13(18)19(25)24-7-3-2-4-8-24)29(26,27)23-17-11-15(21)14(20)10-16(17)22/h5-6,9-11,23H,2-4,7-8H2,1H3. The number of hydrogen-bond donors (Lipinski definition) is 1. The summed E-state index contributed by atoms with van der Waals surface area (Å²) >= 11 is 19.4. The molecule has 2 aromatic carbocycles. The summed E-state index contributed by atoms with van der Waals surface area (Å²) in [6, 6.07) is 7.24. The summed E-state index contributed by atoms with van der Waals surface area (Å²) < 4.78 is 28.3. The van der Waals surface area contributed by atoms with E-state index in [4.69, 9.17) is 34.8 Å². The first kappa shape index (κ1) is 22.6. The Morgan fingerprint density at radius 3 is 2.31 bits per heavy atom. The van der Waals surface area contributed by atoms with E-state index < -0.39 is 10.0 Å². The van der Waals surface area contributed by atoms with Gasteiger partial charge in [0.2, 0.25) is 0 Å². The molecular weight excluding hydrogens is 475 g/mol. The van der Waals surface area contributed by atoms with Crippen LogP contribution in [0.4, 0.5) is 5.69 Å². The molecule has 0 radical (unpaired) electrons. The number of halogens is 3. The summed E-state index contributed by atoms with van der Waals surface area (Å²) in [5.41, 5.74) is 0.487. The van der Waals surface area contributed by atoms with Crippen molar-refractivity contribution in [2.45, 2.75) is 29.1 Å². The second-order valence-corrected chi connectivity index (χ2v) is 10.3. The van der Waals surface area contributed by atoms with Crippen LogP contribution in [0.3, 0.4) is 0 Å². The van der Waals surface area contributed by atoms with Gasteiger partial charge in [-0.2, -0.15) is 0 Å². The van der Waals surface area contributed by atoms with E-state index in [2.05, 4.69) is 4.72 Å². The van der Waals surface area contributed by atoms with Crippen LogP contribution in [0.25, 0.3) is 0 Å². The minimum Gasteiger partial charge on any atom is -0.339 e. The predicted octanol–water partition coefficient (Wildman–Crippen LogP) is 5.80. The Labute approximate surface area is 189 Å². The smallest absolute Gasteiger partial charge is 0.261 e. The third kappa shape index (κ3) is 5.14. The first-order valence-corrected chi connectivity index (χ1v) is 12.7. The lowest BCUT2D eigenvalue weighted by Crippen LogP contribution is -2.36. The van der Waals surface area contributed by atoms with Gasteiger partial charge in [-0.15, -0.1) is 11.8 Å². The Kier molecular flexibility index (Phi) is 7.27. The zero-order valence-electron chi connectivity index (χ0n) is 15.5. The third-order valence-corrected chi connectivity index (χ3v) is 7.80. The third-order valence-electron chi connectivity index (χ3n) is 4.61. The fraction of sp³-hybridized carbons (Fsp3) is 0.316. The molecule has 5 nitrogen and oxygen atoms in total. The first-order valence-electron chi connectivity index (χ1n) is 8.87. The number of hydrogen-bond acceptors (Lipinski definition) is 4. The molecule has 156 valence electrons. The van der Waals surface area contributed by atoms with Gasteiger partial charge < -0.3 is 4.90 Å². The van der Waals surface area contributed by atoms with Crippen molar-refractivity contribution in [2.75, 3.05) is 24.1 Å². The van der Waals surface area contributed by atoms with Gasteiger partial charge in [0.1, 0.15) is 0 Å². The number of benzene rings is 2. The van der Waals surface area contributed by atoms with Gasteiger partial charge in [-0.25, -0.2) is 8.42 Å². The molecule has 2 aromatic rings. The van der Waals surface area contributed by atoms with Gasteiger partial charge in [0.25, 0.3) is 15.9 Å². The molecular formula is C19H19Cl3N2O3S2. The van der Waals surface area contributed by atoms with Crippen LogP contribution in [0.1, 0.15) is 29.6 Å². The number of carbonyl (C=O) groups excluding carboxylic acids is 1. The van der Waals surface area contributed by atoms with Crippen LogP contribution in [0.5, 0.6) is 0 Å². The molecule has 1 heterocycles. The number of nitrogens with zero attached hydrogens (tertiary/aromatic N) is 1. The fourth-order valence-electron chi connectivity index (χ4n) is 3.09. The molecule has 0 spiro atoms. The highest BCUT2D eigenvalue weighted by Gasteiger charge is 2.24. The van der Waals surface area contributed by atoms with E-state index in [1.165, 1.54) is 36.0 Å². The Morgan fingerprint density at radius 1 is 1.00 bits per heavy atom. The topological polar surface area (TPSA) is 66.5 Å². The van der Waals surface area contributed by atoms with Crippen LogP contribution in [-0.2, 0) is 10.0 Å². The SMILES string of the molecule is CSc1ccc(S(=O)(=O)Nc2cc(Cl)c(Cl)cc2Cl)cc1C(=O)N1CCCCC1. The lowest BCUT2D eigenvalue weighted by atomic mass is 10.1. The van der Waals surface area contributed by atoms with Crippen LogP contribution >= 0.6 is 46.6 Å². The summed E-state index contributed by atoms with van der Waals surface area (Å²) in [5, 5.41) is 0.513. The highest BCUT2D eigenvalue weighted by molar-refractivity contribution is 7.98. The second kappa shape index (κ2) is 9.35. The fourth-order valence-corrected chi connectivity index (χ4v) is 5.41. The lowest BCUT2D eigenvalue weighted by molar-refractivity contribution is 0.0720. The van der Waals surface area contributed by atoms with Crippen LogP contribution in [-0.4, -0.2) is 38.6 Å². The number of anilines is 1. The normalized spacial score (nSPS) is 14.7. The Bertz CT molecular complexity index is 1040. The maximum absolute atomic E-state index is 13.0. The largest absolute Gasteiger partial charge is 0.339 e. The van der Waals surface area contributed by atoms with Gasteiger partial charge in [-0.05, 0) is 55.9 Å². The Balaban J connectivity index is 1.95. The second-order valence-electron chi connectivity index (χ2n) is 6.57. The molecule has 1 amide bonds. The lowest BCUT2D eigenvalue weighted by Gasteiger charge is -2.27. The number of carbonyl (C=O) groups is 1. The summed E-state index contributed by atoms with van der Waals surface area (Å²) in [6.45, 7) is 1.36. The number of likely N-dealkylation sites (tertiary alicyclic amines) is 1. The van der Waals surface area contributed by atoms with Crippen molar-refractivity contribution >= 4 is 68.2 Å². The Hall–Kier alpha value is -1.12. The average Bonchev–Trinajstić information content (AvgIpc) is 2.71. The van der Waals surface area contributed by atoms with Gasteiger partial charge in [0.05, 0.1) is 31.2 Å². The van der Waals surface area contributed by atoms with Gasteiger partial charge in [0, 0.05) is 18.0 Å². The molecule has 1 aliphatic heterocycles.